The summed E-state index contributed by atoms with van der Waals surface area (Å²) in [5.41, 5.74) is 1.05. The topological polar surface area (TPSA) is 37.3 Å². The Bertz CT molecular complexity index is 373. The van der Waals surface area contributed by atoms with E-state index in [1.54, 1.807) is 0 Å². The van der Waals surface area contributed by atoms with Crippen molar-refractivity contribution in [1.82, 2.24) is 0 Å². The van der Waals surface area contributed by atoms with Crippen molar-refractivity contribution >= 4 is 29.0 Å². The zero-order chi connectivity index (χ0) is 11.4. The quantitative estimate of drug-likeness (QED) is 0.727. The molecule has 0 aromatic heterocycles. The summed E-state index contributed by atoms with van der Waals surface area (Å²) in [4.78, 5) is 12.0. The van der Waals surface area contributed by atoms with Crippen LogP contribution in [-0.4, -0.2) is 17.0 Å². The minimum atomic E-state index is -0.347. The van der Waals surface area contributed by atoms with E-state index in [-0.39, 0.29) is 29.8 Å². The van der Waals surface area contributed by atoms with Crippen LogP contribution in [0.3, 0.4) is 0 Å². The lowest BCUT2D eigenvalue weighted by Crippen LogP contribution is -2.41. The van der Waals surface area contributed by atoms with E-state index in [2.05, 4.69) is 0 Å². The third-order valence-corrected chi connectivity index (χ3v) is 5.06. The number of halogens is 2. The number of allylic oxidation sites excluding steroid dienone is 1. The predicted molar refractivity (Wildman–Crippen MR) is 62.2 cm³/mol. The van der Waals surface area contributed by atoms with Crippen molar-refractivity contribution in [3.8, 4) is 0 Å². The molecule has 4 heteroatoms. The van der Waals surface area contributed by atoms with Gasteiger partial charge in [-0.2, -0.15) is 0 Å². The van der Waals surface area contributed by atoms with Crippen LogP contribution in [0.2, 0.25) is 0 Å². The summed E-state index contributed by atoms with van der Waals surface area (Å²) in [6.45, 7) is 0. The molecule has 1 N–H and O–H groups in total. The Hall–Kier alpha value is -0.0500. The SMILES string of the molecule is O=C1CC[C@H](O)[C@H]2[C@@H]1[C@H]1CC[C@@H]2C1=C(Cl)Cl. The number of rotatable bonds is 0. The number of hydrogen-bond acceptors (Lipinski definition) is 2. The summed E-state index contributed by atoms with van der Waals surface area (Å²) < 4.78 is 0.335. The summed E-state index contributed by atoms with van der Waals surface area (Å²) in [7, 11) is 0. The molecular weight excluding hydrogens is 247 g/mol. The van der Waals surface area contributed by atoms with Crippen molar-refractivity contribution < 1.29 is 9.90 Å². The van der Waals surface area contributed by atoms with Gasteiger partial charge in [0, 0.05) is 18.3 Å². The number of ketones is 1. The number of Topliss-reactive ketones (excluding diaryl/α,β-unsaturated/α-hetero) is 1. The molecule has 3 rings (SSSR count). The Labute approximate surface area is 105 Å². The summed E-state index contributed by atoms with van der Waals surface area (Å²) >= 11 is 11.9. The molecule has 0 aromatic rings. The zero-order valence-electron chi connectivity index (χ0n) is 8.83. The lowest BCUT2D eigenvalue weighted by molar-refractivity contribution is -0.133. The van der Waals surface area contributed by atoms with E-state index in [1.165, 1.54) is 0 Å². The Morgan fingerprint density at radius 2 is 1.88 bits per heavy atom. The van der Waals surface area contributed by atoms with Crippen molar-refractivity contribution in [1.29, 1.82) is 0 Å². The molecule has 16 heavy (non-hydrogen) atoms. The molecule has 0 unspecified atom stereocenters. The Morgan fingerprint density at radius 1 is 1.19 bits per heavy atom. The number of hydrogen-bond donors (Lipinski definition) is 1. The second-order valence-corrected chi connectivity index (χ2v) is 6.13. The molecule has 3 saturated carbocycles. The van der Waals surface area contributed by atoms with Crippen LogP contribution in [0.4, 0.5) is 0 Å². The molecule has 0 saturated heterocycles. The number of carbonyl (C=O) groups is 1. The monoisotopic (exact) mass is 260 g/mol. The minimum absolute atomic E-state index is 0.00926. The molecule has 5 atom stereocenters. The second kappa shape index (κ2) is 3.72. The summed E-state index contributed by atoms with van der Waals surface area (Å²) in [6, 6.07) is 0. The van der Waals surface area contributed by atoms with E-state index in [4.69, 9.17) is 23.2 Å². The number of carbonyl (C=O) groups excluding carboxylic acids is 1. The first-order chi connectivity index (χ1) is 7.61. The maximum absolute atomic E-state index is 12.0. The van der Waals surface area contributed by atoms with Crippen molar-refractivity contribution in [2.45, 2.75) is 31.8 Å². The van der Waals surface area contributed by atoms with Crippen LogP contribution in [-0.2, 0) is 4.79 Å². The molecule has 0 amide bonds. The molecular formula is C12H14Cl2O2. The van der Waals surface area contributed by atoms with Gasteiger partial charge in [0.25, 0.3) is 0 Å². The highest BCUT2D eigenvalue weighted by atomic mass is 35.5. The summed E-state index contributed by atoms with van der Waals surface area (Å²) in [5, 5.41) is 10.1. The highest BCUT2D eigenvalue weighted by molar-refractivity contribution is 6.56. The third-order valence-electron chi connectivity index (χ3n) is 4.62. The van der Waals surface area contributed by atoms with Crippen LogP contribution in [0.25, 0.3) is 0 Å². The van der Waals surface area contributed by atoms with Crippen LogP contribution in [0.15, 0.2) is 10.1 Å². The molecule has 3 aliphatic carbocycles. The Kier molecular flexibility index (Phi) is 2.58. The maximum Gasteiger partial charge on any atom is 0.137 e. The molecule has 0 heterocycles. The fourth-order valence-electron chi connectivity index (χ4n) is 4.11. The predicted octanol–water partition coefficient (Wildman–Crippen LogP) is 2.67. The van der Waals surface area contributed by atoms with E-state index in [0.717, 1.165) is 18.4 Å². The fourth-order valence-corrected chi connectivity index (χ4v) is 4.67. The van der Waals surface area contributed by atoms with E-state index in [9.17, 15) is 9.90 Å². The maximum atomic E-state index is 12.0. The van der Waals surface area contributed by atoms with E-state index in [0.29, 0.717) is 23.1 Å². The van der Waals surface area contributed by atoms with Crippen LogP contribution < -0.4 is 0 Å². The minimum Gasteiger partial charge on any atom is -0.393 e. The van der Waals surface area contributed by atoms with Gasteiger partial charge in [0.1, 0.15) is 10.3 Å². The molecule has 0 aromatic carbocycles. The smallest absolute Gasteiger partial charge is 0.137 e. The van der Waals surface area contributed by atoms with Gasteiger partial charge in [-0.05, 0) is 36.7 Å². The third kappa shape index (κ3) is 1.33. The van der Waals surface area contributed by atoms with Crippen molar-refractivity contribution in [2.75, 3.05) is 0 Å². The molecule has 3 aliphatic rings. The van der Waals surface area contributed by atoms with Gasteiger partial charge < -0.3 is 5.11 Å². The first-order valence-electron chi connectivity index (χ1n) is 5.87. The second-order valence-electron chi connectivity index (χ2n) is 5.18. The summed E-state index contributed by atoms with van der Waals surface area (Å²) in [5.74, 6) is 0.837. The highest BCUT2D eigenvalue weighted by Crippen LogP contribution is 2.60. The zero-order valence-corrected chi connectivity index (χ0v) is 10.3. The van der Waals surface area contributed by atoms with Gasteiger partial charge in [0.15, 0.2) is 0 Å². The van der Waals surface area contributed by atoms with Gasteiger partial charge in [-0.15, -0.1) is 0 Å². The van der Waals surface area contributed by atoms with E-state index < -0.39 is 0 Å². The van der Waals surface area contributed by atoms with Crippen molar-refractivity contribution in [2.24, 2.45) is 23.7 Å². The summed E-state index contributed by atoms with van der Waals surface area (Å²) in [6.07, 6.45) is 2.80. The lowest BCUT2D eigenvalue weighted by atomic mass is 9.69. The first kappa shape index (κ1) is 11.1. The molecule has 0 aliphatic heterocycles. The molecule has 88 valence electrons. The van der Waals surface area contributed by atoms with Gasteiger partial charge in [0.2, 0.25) is 0 Å². The average molecular weight is 261 g/mol. The van der Waals surface area contributed by atoms with E-state index >= 15 is 0 Å². The molecule has 0 radical (unpaired) electrons. The van der Waals surface area contributed by atoms with Gasteiger partial charge >= 0.3 is 0 Å². The first-order valence-corrected chi connectivity index (χ1v) is 6.62. The van der Waals surface area contributed by atoms with E-state index in [1.807, 2.05) is 0 Å². The van der Waals surface area contributed by atoms with Crippen LogP contribution in [0.5, 0.6) is 0 Å². The Balaban J connectivity index is 2.04. The van der Waals surface area contributed by atoms with Gasteiger partial charge in [-0.1, -0.05) is 23.2 Å². The lowest BCUT2D eigenvalue weighted by Gasteiger charge is -2.36. The molecule has 0 spiro atoms. The highest BCUT2D eigenvalue weighted by Gasteiger charge is 2.58. The molecule has 2 bridgehead atoms. The average Bonchev–Trinajstić information content (AvgIpc) is 2.79. The fraction of sp³-hybridized carbons (Fsp3) is 0.750. The van der Waals surface area contributed by atoms with Gasteiger partial charge in [0.05, 0.1) is 6.10 Å². The van der Waals surface area contributed by atoms with Gasteiger partial charge in [-0.25, -0.2) is 0 Å². The van der Waals surface area contributed by atoms with Crippen molar-refractivity contribution in [3.05, 3.63) is 10.1 Å². The molecule has 2 nitrogen and oxygen atoms in total. The van der Waals surface area contributed by atoms with Crippen LogP contribution >= 0.6 is 23.2 Å². The number of fused-ring (bicyclic) bond motifs is 5. The Morgan fingerprint density at radius 3 is 2.50 bits per heavy atom. The number of aliphatic hydroxyl groups is 1. The van der Waals surface area contributed by atoms with Crippen LogP contribution in [0.1, 0.15) is 25.7 Å². The van der Waals surface area contributed by atoms with Gasteiger partial charge in [-0.3, -0.25) is 4.79 Å². The standard InChI is InChI=1S/C12H14Cl2O2/c13-12(14)9-5-1-2-6(9)11-8(16)4-3-7(15)10(5)11/h5-7,10-11,15H,1-4H2/t5-,6+,7+,10+,11-/m1/s1. The normalized spacial score (nSPS) is 46.1. The largest absolute Gasteiger partial charge is 0.393 e. The number of aliphatic hydroxyl groups excluding tert-OH is 1. The van der Waals surface area contributed by atoms with Crippen LogP contribution in [0, 0.1) is 23.7 Å². The van der Waals surface area contributed by atoms with Crippen molar-refractivity contribution in [3.63, 3.8) is 0 Å². The molecule has 3 fully saturated rings.